The molecule has 0 heterocycles. The molecule has 0 saturated carbocycles. The number of alkyl halides is 3. The predicted octanol–water partition coefficient (Wildman–Crippen LogP) is 0.488. The summed E-state index contributed by atoms with van der Waals surface area (Å²) in [6.07, 6.45) is -4.87. The first-order valence-corrected chi connectivity index (χ1v) is 5.29. The van der Waals surface area contributed by atoms with Gasteiger partial charge in [-0.05, 0) is 0 Å². The average molecular weight is 235 g/mol. The molecule has 2 atom stereocenters. The summed E-state index contributed by atoms with van der Waals surface area (Å²) in [6, 6.07) is 0. The molecule has 0 aromatic heterocycles. The van der Waals surface area contributed by atoms with Crippen LogP contribution < -0.4 is 5.14 Å². The summed E-state index contributed by atoms with van der Waals surface area (Å²) in [5.41, 5.74) is 0. The Hall–Kier alpha value is -0.340. The van der Waals surface area contributed by atoms with E-state index in [1.54, 1.807) is 0 Å². The zero-order valence-corrected chi connectivity index (χ0v) is 8.52. The number of nitrogens with two attached hydrogens (primary N) is 1. The van der Waals surface area contributed by atoms with Crippen LogP contribution in [0.1, 0.15) is 6.92 Å². The van der Waals surface area contributed by atoms with Crippen LogP contribution in [0.15, 0.2) is 0 Å². The van der Waals surface area contributed by atoms with Crippen LogP contribution in [-0.4, -0.2) is 33.6 Å². The van der Waals surface area contributed by atoms with E-state index in [0.29, 0.717) is 0 Å². The van der Waals surface area contributed by atoms with Gasteiger partial charge >= 0.3 is 6.18 Å². The van der Waals surface area contributed by atoms with E-state index in [-0.39, 0.29) is 6.61 Å². The number of halogens is 3. The van der Waals surface area contributed by atoms with E-state index < -0.39 is 27.4 Å². The predicted molar refractivity (Wildman–Crippen MR) is 44.0 cm³/mol. The van der Waals surface area contributed by atoms with Gasteiger partial charge in [0, 0.05) is 13.0 Å². The minimum absolute atomic E-state index is 0.319. The van der Waals surface area contributed by atoms with Gasteiger partial charge in [0.1, 0.15) is 0 Å². The number of sulfonamides is 1. The Morgan fingerprint density at radius 1 is 1.43 bits per heavy atom. The molecule has 2 unspecified atom stereocenters. The standard InChI is InChI=1S/C6H12F3NO3S/c1-4(3-13-2)5(6(7,8)9)14(10,11)12/h4-5H,3H2,1-2H3,(H2,10,11,12). The Bertz CT molecular complexity index is 275. The smallest absolute Gasteiger partial charge is 0.384 e. The third-order valence-electron chi connectivity index (χ3n) is 1.62. The second kappa shape index (κ2) is 4.45. The molecule has 0 aromatic rings. The summed E-state index contributed by atoms with van der Waals surface area (Å²) < 4.78 is 62.7. The third-order valence-corrected chi connectivity index (χ3v) is 3.06. The number of methoxy groups -OCH3 is 1. The van der Waals surface area contributed by atoms with Crippen LogP contribution in [0.25, 0.3) is 0 Å². The van der Waals surface area contributed by atoms with Crippen molar-refractivity contribution in [2.75, 3.05) is 13.7 Å². The number of hydrogen-bond donors (Lipinski definition) is 1. The van der Waals surface area contributed by atoms with Crippen molar-refractivity contribution in [3.63, 3.8) is 0 Å². The fraction of sp³-hybridized carbons (Fsp3) is 1.00. The van der Waals surface area contributed by atoms with Crippen LogP contribution in [0, 0.1) is 5.92 Å². The van der Waals surface area contributed by atoms with E-state index in [2.05, 4.69) is 9.88 Å². The van der Waals surface area contributed by atoms with Gasteiger partial charge in [0.05, 0.1) is 6.61 Å². The maximum absolute atomic E-state index is 12.3. The molecule has 4 nitrogen and oxygen atoms in total. The van der Waals surface area contributed by atoms with E-state index in [0.717, 1.165) is 6.92 Å². The molecule has 0 fully saturated rings. The molecule has 0 aliphatic carbocycles. The molecule has 0 saturated heterocycles. The van der Waals surface area contributed by atoms with Gasteiger partial charge in [-0.3, -0.25) is 0 Å². The van der Waals surface area contributed by atoms with Crippen LogP contribution in [0.5, 0.6) is 0 Å². The molecule has 0 spiro atoms. The Balaban J connectivity index is 4.94. The van der Waals surface area contributed by atoms with Crippen molar-refractivity contribution in [1.82, 2.24) is 0 Å². The lowest BCUT2D eigenvalue weighted by Crippen LogP contribution is -2.46. The highest BCUT2D eigenvalue weighted by atomic mass is 32.2. The topological polar surface area (TPSA) is 69.4 Å². The first-order chi connectivity index (χ1) is 6.10. The lowest BCUT2D eigenvalue weighted by atomic mass is 10.1. The lowest BCUT2D eigenvalue weighted by molar-refractivity contribution is -0.142. The first kappa shape index (κ1) is 13.7. The van der Waals surface area contributed by atoms with Gasteiger partial charge in [-0.15, -0.1) is 0 Å². The van der Waals surface area contributed by atoms with Crippen molar-refractivity contribution in [3.05, 3.63) is 0 Å². The molecule has 86 valence electrons. The van der Waals surface area contributed by atoms with Gasteiger partial charge in [0.2, 0.25) is 10.0 Å². The average Bonchev–Trinajstić information content (AvgIpc) is 1.78. The lowest BCUT2D eigenvalue weighted by Gasteiger charge is -2.23. The minimum Gasteiger partial charge on any atom is -0.384 e. The normalized spacial score (nSPS) is 17.9. The van der Waals surface area contributed by atoms with Crippen molar-refractivity contribution in [2.24, 2.45) is 11.1 Å². The van der Waals surface area contributed by atoms with Crippen LogP contribution in [0.4, 0.5) is 13.2 Å². The fourth-order valence-corrected chi connectivity index (χ4v) is 2.28. The Morgan fingerprint density at radius 3 is 2.07 bits per heavy atom. The Morgan fingerprint density at radius 2 is 1.86 bits per heavy atom. The van der Waals surface area contributed by atoms with E-state index in [9.17, 15) is 21.6 Å². The summed E-state index contributed by atoms with van der Waals surface area (Å²) in [4.78, 5) is 0. The molecule has 8 heteroatoms. The third kappa shape index (κ3) is 3.81. The molecule has 0 bridgehead atoms. The molecule has 0 amide bonds. The molecular formula is C6H12F3NO3S. The van der Waals surface area contributed by atoms with Gasteiger partial charge in [-0.1, -0.05) is 6.92 Å². The van der Waals surface area contributed by atoms with E-state index in [1.165, 1.54) is 7.11 Å². The second-order valence-corrected chi connectivity index (χ2v) is 4.67. The minimum atomic E-state index is -4.87. The molecule has 14 heavy (non-hydrogen) atoms. The van der Waals surface area contributed by atoms with Crippen molar-refractivity contribution < 1.29 is 26.3 Å². The van der Waals surface area contributed by atoms with E-state index >= 15 is 0 Å². The Labute approximate surface area is 80.3 Å². The maximum Gasteiger partial charge on any atom is 0.407 e. The number of rotatable bonds is 4. The number of primary sulfonamides is 1. The molecule has 2 N–H and O–H groups in total. The summed E-state index contributed by atoms with van der Waals surface area (Å²) in [7, 11) is -3.46. The van der Waals surface area contributed by atoms with Gasteiger partial charge in [-0.2, -0.15) is 13.2 Å². The highest BCUT2D eigenvalue weighted by Gasteiger charge is 2.50. The van der Waals surface area contributed by atoms with E-state index in [1.807, 2.05) is 0 Å². The maximum atomic E-state index is 12.3. The molecule has 0 aromatic carbocycles. The van der Waals surface area contributed by atoms with Crippen molar-refractivity contribution in [3.8, 4) is 0 Å². The second-order valence-electron chi connectivity index (χ2n) is 2.98. The summed E-state index contributed by atoms with van der Waals surface area (Å²) in [5.74, 6) is -1.23. The highest BCUT2D eigenvalue weighted by Crippen LogP contribution is 2.30. The van der Waals surface area contributed by atoms with Crippen LogP contribution in [0.2, 0.25) is 0 Å². The van der Waals surface area contributed by atoms with Crippen molar-refractivity contribution in [1.29, 1.82) is 0 Å². The zero-order chi connectivity index (χ0) is 11.6. The van der Waals surface area contributed by atoms with Crippen LogP contribution >= 0.6 is 0 Å². The van der Waals surface area contributed by atoms with Crippen LogP contribution in [-0.2, 0) is 14.8 Å². The molecule has 0 rings (SSSR count). The van der Waals surface area contributed by atoms with Crippen LogP contribution in [0.3, 0.4) is 0 Å². The molecular weight excluding hydrogens is 223 g/mol. The molecule has 0 aliphatic rings. The summed E-state index contributed by atoms with van der Waals surface area (Å²) in [6.45, 7) is 0.798. The zero-order valence-electron chi connectivity index (χ0n) is 7.71. The largest absolute Gasteiger partial charge is 0.407 e. The fourth-order valence-electron chi connectivity index (χ4n) is 1.18. The summed E-state index contributed by atoms with van der Waals surface area (Å²) in [5, 5.41) is 1.92. The molecule has 0 radical (unpaired) electrons. The van der Waals surface area contributed by atoms with Crippen molar-refractivity contribution in [2.45, 2.75) is 18.3 Å². The Kier molecular flexibility index (Phi) is 4.34. The van der Waals surface area contributed by atoms with Gasteiger partial charge in [0.25, 0.3) is 0 Å². The van der Waals surface area contributed by atoms with Gasteiger partial charge in [-0.25, -0.2) is 13.6 Å². The summed E-state index contributed by atoms with van der Waals surface area (Å²) >= 11 is 0. The highest BCUT2D eigenvalue weighted by molar-refractivity contribution is 7.89. The SMILES string of the molecule is COCC(C)C(C(F)(F)F)S(N)(=O)=O. The first-order valence-electron chi connectivity index (χ1n) is 3.68. The van der Waals surface area contributed by atoms with Gasteiger partial charge in [0.15, 0.2) is 5.25 Å². The quantitative estimate of drug-likeness (QED) is 0.770. The van der Waals surface area contributed by atoms with Gasteiger partial charge < -0.3 is 4.74 Å². The van der Waals surface area contributed by atoms with Crippen molar-refractivity contribution >= 4 is 10.0 Å². The van der Waals surface area contributed by atoms with E-state index in [4.69, 9.17) is 0 Å². The molecule has 0 aliphatic heterocycles. The number of ether oxygens (including phenoxy) is 1. The number of hydrogen-bond acceptors (Lipinski definition) is 3. The monoisotopic (exact) mass is 235 g/mol.